The van der Waals surface area contributed by atoms with Gasteiger partial charge in [-0.3, -0.25) is 0 Å². The van der Waals surface area contributed by atoms with Crippen molar-refractivity contribution in [2.45, 2.75) is 26.3 Å². The van der Waals surface area contributed by atoms with Crippen LogP contribution in [0.3, 0.4) is 0 Å². The minimum absolute atomic E-state index is 0.247. The zero-order chi connectivity index (χ0) is 18.7. The maximum Gasteiger partial charge on any atom is 0.337 e. The predicted octanol–water partition coefficient (Wildman–Crippen LogP) is 5.04. The van der Waals surface area contributed by atoms with Crippen LogP contribution in [0.1, 0.15) is 30.6 Å². The molecule has 0 saturated carbocycles. The van der Waals surface area contributed by atoms with E-state index in [2.05, 4.69) is 19.2 Å². The number of anilines is 1. The summed E-state index contributed by atoms with van der Waals surface area (Å²) < 4.78 is 18.1. The molecular formula is C21H21FN2O2. The van der Waals surface area contributed by atoms with Crippen molar-refractivity contribution in [1.29, 1.82) is 0 Å². The number of esters is 1. The molecule has 134 valence electrons. The molecule has 1 N–H and O–H groups in total. The van der Waals surface area contributed by atoms with Crippen LogP contribution in [0, 0.1) is 5.82 Å². The molecule has 5 heteroatoms. The lowest BCUT2D eigenvalue weighted by Gasteiger charge is -2.17. The molecule has 0 aliphatic carbocycles. The fourth-order valence-electron chi connectivity index (χ4n) is 2.73. The Balaban J connectivity index is 2.16. The molecule has 0 saturated heterocycles. The summed E-state index contributed by atoms with van der Waals surface area (Å²) in [5.74, 6) is -0.667. The Morgan fingerprint density at radius 2 is 1.92 bits per heavy atom. The molecule has 0 fully saturated rings. The molecule has 1 atom stereocenters. The van der Waals surface area contributed by atoms with Gasteiger partial charge in [0, 0.05) is 17.0 Å². The summed E-state index contributed by atoms with van der Waals surface area (Å²) in [6, 6.07) is 13.8. The second-order valence-electron chi connectivity index (χ2n) is 6.24. The number of rotatable bonds is 5. The van der Waals surface area contributed by atoms with E-state index in [1.807, 2.05) is 6.07 Å². The van der Waals surface area contributed by atoms with E-state index in [4.69, 9.17) is 9.72 Å². The highest BCUT2D eigenvalue weighted by molar-refractivity contribution is 5.96. The largest absolute Gasteiger partial charge is 0.465 e. The SMILES string of the molecule is CC[C@H](C)Nc1cc2cc(C(=O)OC)ccc2nc1-c1ccc(F)cc1. The Hall–Kier alpha value is -2.95. The van der Waals surface area contributed by atoms with Crippen LogP contribution in [0.15, 0.2) is 48.5 Å². The van der Waals surface area contributed by atoms with Crippen molar-refractivity contribution in [3.63, 3.8) is 0 Å². The van der Waals surface area contributed by atoms with E-state index in [1.54, 1.807) is 30.3 Å². The Morgan fingerprint density at radius 3 is 2.58 bits per heavy atom. The molecule has 3 aromatic rings. The molecule has 26 heavy (non-hydrogen) atoms. The number of fused-ring (bicyclic) bond motifs is 1. The zero-order valence-corrected chi connectivity index (χ0v) is 15.0. The van der Waals surface area contributed by atoms with Crippen LogP contribution in [0.5, 0.6) is 0 Å². The van der Waals surface area contributed by atoms with Crippen molar-refractivity contribution in [3.05, 3.63) is 59.9 Å². The Kier molecular flexibility index (Phi) is 5.16. The van der Waals surface area contributed by atoms with Gasteiger partial charge >= 0.3 is 5.97 Å². The van der Waals surface area contributed by atoms with E-state index < -0.39 is 0 Å². The number of methoxy groups -OCH3 is 1. The van der Waals surface area contributed by atoms with Gasteiger partial charge in [0.1, 0.15) is 5.82 Å². The maximum atomic E-state index is 13.3. The molecule has 3 rings (SSSR count). The number of ether oxygens (including phenoxy) is 1. The van der Waals surface area contributed by atoms with E-state index in [0.29, 0.717) is 5.56 Å². The highest BCUT2D eigenvalue weighted by atomic mass is 19.1. The molecule has 1 aromatic heterocycles. The van der Waals surface area contributed by atoms with E-state index in [-0.39, 0.29) is 17.8 Å². The molecule has 0 aliphatic heterocycles. The third-order valence-corrected chi connectivity index (χ3v) is 4.37. The van der Waals surface area contributed by atoms with Gasteiger partial charge in [-0.1, -0.05) is 6.92 Å². The summed E-state index contributed by atoms with van der Waals surface area (Å²) in [6.07, 6.45) is 0.948. The smallest absolute Gasteiger partial charge is 0.337 e. The zero-order valence-electron chi connectivity index (χ0n) is 15.0. The number of carbonyl (C=O) groups excluding carboxylic acids is 1. The first kappa shape index (κ1) is 17.9. The van der Waals surface area contributed by atoms with Gasteiger partial charge in [-0.15, -0.1) is 0 Å². The van der Waals surface area contributed by atoms with Crippen LogP contribution >= 0.6 is 0 Å². The van der Waals surface area contributed by atoms with Gasteiger partial charge in [-0.25, -0.2) is 14.2 Å². The van der Waals surface area contributed by atoms with Crippen LogP contribution in [-0.2, 0) is 4.74 Å². The van der Waals surface area contributed by atoms with Gasteiger partial charge in [0.25, 0.3) is 0 Å². The molecule has 2 aromatic carbocycles. The third kappa shape index (κ3) is 3.67. The van der Waals surface area contributed by atoms with Crippen LogP contribution in [0.4, 0.5) is 10.1 Å². The van der Waals surface area contributed by atoms with E-state index in [1.165, 1.54) is 19.2 Å². The number of pyridine rings is 1. The molecule has 4 nitrogen and oxygen atoms in total. The first-order valence-electron chi connectivity index (χ1n) is 8.57. The van der Waals surface area contributed by atoms with Gasteiger partial charge in [-0.05, 0) is 61.9 Å². The molecule has 0 radical (unpaired) electrons. The summed E-state index contributed by atoms with van der Waals surface area (Å²) in [6.45, 7) is 4.18. The monoisotopic (exact) mass is 352 g/mol. The minimum atomic E-state index is -0.383. The third-order valence-electron chi connectivity index (χ3n) is 4.37. The van der Waals surface area contributed by atoms with Crippen molar-refractivity contribution >= 4 is 22.6 Å². The maximum absolute atomic E-state index is 13.3. The highest BCUT2D eigenvalue weighted by Gasteiger charge is 2.13. The van der Waals surface area contributed by atoms with Crippen LogP contribution in [-0.4, -0.2) is 24.1 Å². The number of hydrogen-bond acceptors (Lipinski definition) is 4. The van der Waals surface area contributed by atoms with Crippen LogP contribution < -0.4 is 5.32 Å². The predicted molar refractivity (Wildman–Crippen MR) is 102 cm³/mol. The van der Waals surface area contributed by atoms with E-state index in [9.17, 15) is 9.18 Å². The second kappa shape index (κ2) is 7.52. The van der Waals surface area contributed by atoms with E-state index in [0.717, 1.165) is 34.3 Å². The molecule has 0 aliphatic rings. The summed E-state index contributed by atoms with van der Waals surface area (Å²) >= 11 is 0. The quantitative estimate of drug-likeness (QED) is 0.654. The first-order valence-corrected chi connectivity index (χ1v) is 8.57. The number of halogens is 1. The van der Waals surface area contributed by atoms with Crippen LogP contribution in [0.25, 0.3) is 22.2 Å². The average molecular weight is 352 g/mol. The molecule has 1 heterocycles. The first-order chi connectivity index (χ1) is 12.5. The number of aromatic nitrogens is 1. The molecule has 0 amide bonds. The summed E-state index contributed by atoms with van der Waals surface area (Å²) in [4.78, 5) is 16.5. The molecule has 0 unspecified atom stereocenters. The minimum Gasteiger partial charge on any atom is -0.465 e. The van der Waals surface area contributed by atoms with Crippen molar-refractivity contribution in [2.24, 2.45) is 0 Å². The number of nitrogens with one attached hydrogen (secondary N) is 1. The van der Waals surface area contributed by atoms with E-state index >= 15 is 0 Å². The van der Waals surface area contributed by atoms with Gasteiger partial charge in [0.2, 0.25) is 0 Å². The van der Waals surface area contributed by atoms with Crippen molar-refractivity contribution in [1.82, 2.24) is 4.98 Å². The topological polar surface area (TPSA) is 51.2 Å². The Bertz CT molecular complexity index is 939. The number of nitrogens with zero attached hydrogens (tertiary/aromatic N) is 1. The summed E-state index contributed by atoms with van der Waals surface area (Å²) in [7, 11) is 1.36. The Labute approximate surface area is 152 Å². The highest BCUT2D eigenvalue weighted by Crippen LogP contribution is 2.31. The fourth-order valence-corrected chi connectivity index (χ4v) is 2.73. The lowest BCUT2D eigenvalue weighted by Crippen LogP contribution is -2.14. The summed E-state index contributed by atoms with van der Waals surface area (Å²) in [5.41, 5.74) is 3.66. The van der Waals surface area contributed by atoms with Gasteiger partial charge in [0.05, 0.1) is 29.6 Å². The fraction of sp³-hybridized carbons (Fsp3) is 0.238. The lowest BCUT2D eigenvalue weighted by atomic mass is 10.0. The normalized spacial score (nSPS) is 12.0. The van der Waals surface area contributed by atoms with Gasteiger partial charge < -0.3 is 10.1 Å². The average Bonchev–Trinajstić information content (AvgIpc) is 2.67. The number of carbonyl (C=O) groups is 1. The molecular weight excluding hydrogens is 331 g/mol. The van der Waals surface area contributed by atoms with Crippen molar-refractivity contribution < 1.29 is 13.9 Å². The number of hydrogen-bond donors (Lipinski definition) is 1. The Morgan fingerprint density at radius 1 is 1.19 bits per heavy atom. The summed E-state index contributed by atoms with van der Waals surface area (Å²) in [5, 5.41) is 4.29. The standard InChI is InChI=1S/C21H21FN2O2/c1-4-13(2)23-19-12-16-11-15(21(25)26-3)7-10-18(16)24-20(19)14-5-8-17(22)9-6-14/h5-13,23H,4H2,1-3H3/t13-/m0/s1. The second-order valence-corrected chi connectivity index (χ2v) is 6.24. The molecule has 0 spiro atoms. The molecule has 0 bridgehead atoms. The lowest BCUT2D eigenvalue weighted by molar-refractivity contribution is 0.0601. The van der Waals surface area contributed by atoms with Gasteiger partial charge in [0.15, 0.2) is 0 Å². The van der Waals surface area contributed by atoms with Gasteiger partial charge in [-0.2, -0.15) is 0 Å². The number of benzene rings is 2. The van der Waals surface area contributed by atoms with Crippen molar-refractivity contribution in [3.8, 4) is 11.3 Å². The van der Waals surface area contributed by atoms with Crippen molar-refractivity contribution in [2.75, 3.05) is 12.4 Å². The van der Waals surface area contributed by atoms with Crippen LogP contribution in [0.2, 0.25) is 0 Å².